The number of aryl methyl sites for hydroxylation is 3. The maximum Gasteiger partial charge on any atom is 0.220 e. The Labute approximate surface area is 96.3 Å². The van der Waals surface area contributed by atoms with Crippen LogP contribution >= 0.6 is 0 Å². The SMILES string of the molecule is [C-]#[N+]CCc1cc2c(C)ccc(C)c2n1C. The van der Waals surface area contributed by atoms with Crippen molar-refractivity contribution in [3.8, 4) is 0 Å². The fourth-order valence-corrected chi connectivity index (χ4v) is 2.26. The van der Waals surface area contributed by atoms with Gasteiger partial charge in [-0.25, -0.2) is 6.57 Å². The second-order valence-electron chi connectivity index (χ2n) is 4.29. The van der Waals surface area contributed by atoms with Crippen molar-refractivity contribution in [2.75, 3.05) is 6.54 Å². The van der Waals surface area contributed by atoms with Gasteiger partial charge in [-0.15, -0.1) is 0 Å². The van der Waals surface area contributed by atoms with Crippen LogP contribution in [-0.2, 0) is 13.5 Å². The van der Waals surface area contributed by atoms with E-state index in [1.54, 1.807) is 0 Å². The lowest BCUT2D eigenvalue weighted by atomic mass is 10.1. The molecule has 2 aromatic rings. The second-order valence-corrected chi connectivity index (χ2v) is 4.29. The molecule has 0 saturated heterocycles. The summed E-state index contributed by atoms with van der Waals surface area (Å²) in [7, 11) is 2.09. The van der Waals surface area contributed by atoms with E-state index in [0.717, 1.165) is 6.42 Å². The smallest absolute Gasteiger partial charge is 0.220 e. The maximum absolute atomic E-state index is 6.86. The molecule has 0 aliphatic heterocycles. The average Bonchev–Trinajstić information content (AvgIpc) is 2.60. The molecule has 2 rings (SSSR count). The molecule has 0 N–H and O–H groups in total. The molecule has 16 heavy (non-hydrogen) atoms. The molecule has 2 heteroatoms. The summed E-state index contributed by atoms with van der Waals surface area (Å²) in [6.07, 6.45) is 0.841. The first-order chi connectivity index (χ1) is 7.65. The number of fused-ring (bicyclic) bond motifs is 1. The van der Waals surface area contributed by atoms with Gasteiger partial charge in [0.15, 0.2) is 0 Å². The minimum Gasteiger partial charge on any atom is -0.347 e. The summed E-state index contributed by atoms with van der Waals surface area (Å²) in [5, 5.41) is 1.32. The topological polar surface area (TPSA) is 9.29 Å². The first-order valence-electron chi connectivity index (χ1n) is 5.53. The van der Waals surface area contributed by atoms with Crippen molar-refractivity contribution < 1.29 is 0 Å². The Balaban J connectivity index is 2.64. The van der Waals surface area contributed by atoms with Crippen molar-refractivity contribution in [3.63, 3.8) is 0 Å². The Morgan fingerprint density at radius 1 is 1.25 bits per heavy atom. The largest absolute Gasteiger partial charge is 0.347 e. The average molecular weight is 212 g/mol. The number of aromatic nitrogens is 1. The predicted molar refractivity (Wildman–Crippen MR) is 67.6 cm³/mol. The minimum atomic E-state index is 0.572. The highest BCUT2D eigenvalue weighted by atomic mass is 14.9. The molecule has 0 unspecified atom stereocenters. The third kappa shape index (κ3) is 1.59. The van der Waals surface area contributed by atoms with Crippen LogP contribution < -0.4 is 0 Å². The quantitative estimate of drug-likeness (QED) is 0.676. The Morgan fingerprint density at radius 2 is 1.94 bits per heavy atom. The van der Waals surface area contributed by atoms with Crippen molar-refractivity contribution >= 4 is 10.9 Å². The zero-order valence-corrected chi connectivity index (χ0v) is 10.0. The van der Waals surface area contributed by atoms with Crippen LogP contribution in [0.4, 0.5) is 0 Å². The molecule has 1 heterocycles. The van der Waals surface area contributed by atoms with E-state index >= 15 is 0 Å². The van der Waals surface area contributed by atoms with E-state index in [1.165, 1.54) is 27.7 Å². The summed E-state index contributed by atoms with van der Waals surface area (Å²) in [6.45, 7) is 11.7. The van der Waals surface area contributed by atoms with Crippen LogP contribution in [0.2, 0.25) is 0 Å². The normalized spacial score (nSPS) is 10.6. The van der Waals surface area contributed by atoms with E-state index in [0.29, 0.717) is 6.54 Å². The van der Waals surface area contributed by atoms with Gasteiger partial charge in [0.1, 0.15) is 0 Å². The molecule has 0 atom stereocenters. The van der Waals surface area contributed by atoms with Gasteiger partial charge < -0.3 is 9.41 Å². The van der Waals surface area contributed by atoms with Crippen molar-refractivity contribution in [2.45, 2.75) is 20.3 Å². The molecule has 1 aromatic heterocycles. The van der Waals surface area contributed by atoms with Crippen LogP contribution in [0.15, 0.2) is 18.2 Å². The van der Waals surface area contributed by atoms with Crippen molar-refractivity contribution in [2.24, 2.45) is 7.05 Å². The Bertz CT molecular complexity index is 570. The van der Waals surface area contributed by atoms with Crippen molar-refractivity contribution in [1.82, 2.24) is 4.57 Å². The third-order valence-corrected chi connectivity index (χ3v) is 3.19. The number of hydrogen-bond acceptors (Lipinski definition) is 0. The molecule has 0 bridgehead atoms. The monoisotopic (exact) mass is 212 g/mol. The highest BCUT2D eigenvalue weighted by molar-refractivity contribution is 5.87. The maximum atomic E-state index is 6.86. The van der Waals surface area contributed by atoms with E-state index in [9.17, 15) is 0 Å². The van der Waals surface area contributed by atoms with E-state index in [4.69, 9.17) is 6.57 Å². The first kappa shape index (κ1) is 10.8. The standard InChI is InChI=1S/C14H16N2/c1-10-5-6-11(2)14-13(10)9-12(16(14)4)7-8-15-3/h5-6,9H,7-8H2,1-2,4H3. The van der Waals surface area contributed by atoms with Crippen LogP contribution in [0.25, 0.3) is 15.7 Å². The summed E-state index contributed by atoms with van der Waals surface area (Å²) < 4.78 is 2.23. The Hall–Kier alpha value is -1.75. The lowest BCUT2D eigenvalue weighted by Crippen LogP contribution is -1.98. The molecule has 2 nitrogen and oxygen atoms in total. The molecule has 0 amide bonds. The van der Waals surface area contributed by atoms with Crippen molar-refractivity contribution in [1.29, 1.82) is 0 Å². The lowest BCUT2D eigenvalue weighted by molar-refractivity contribution is 0.852. The first-order valence-corrected chi connectivity index (χ1v) is 5.53. The summed E-state index contributed by atoms with van der Waals surface area (Å²) in [4.78, 5) is 3.42. The third-order valence-electron chi connectivity index (χ3n) is 3.19. The second kappa shape index (κ2) is 4.02. The molecule has 0 saturated carbocycles. The van der Waals surface area contributed by atoms with Crippen LogP contribution in [0, 0.1) is 20.4 Å². The molecule has 0 spiro atoms. The summed E-state index contributed by atoms with van der Waals surface area (Å²) in [5.41, 5.74) is 5.17. The molecule has 1 aromatic carbocycles. The van der Waals surface area contributed by atoms with Gasteiger partial charge in [0.25, 0.3) is 0 Å². The summed E-state index contributed by atoms with van der Waals surface area (Å²) >= 11 is 0. The fraction of sp³-hybridized carbons (Fsp3) is 0.357. The van der Waals surface area contributed by atoms with Gasteiger partial charge >= 0.3 is 0 Å². The zero-order chi connectivity index (χ0) is 11.7. The van der Waals surface area contributed by atoms with Gasteiger partial charge in [-0.2, -0.15) is 0 Å². The van der Waals surface area contributed by atoms with E-state index in [1.807, 2.05) is 0 Å². The number of nitrogens with zero attached hydrogens (tertiary/aromatic N) is 2. The number of hydrogen-bond donors (Lipinski definition) is 0. The van der Waals surface area contributed by atoms with Crippen LogP contribution in [-0.4, -0.2) is 11.1 Å². The van der Waals surface area contributed by atoms with Gasteiger partial charge in [-0.1, -0.05) is 12.1 Å². The van der Waals surface area contributed by atoms with Gasteiger partial charge in [0.05, 0.1) is 11.9 Å². The van der Waals surface area contributed by atoms with Gasteiger partial charge in [0.2, 0.25) is 6.54 Å². The molecular weight excluding hydrogens is 196 g/mol. The number of benzene rings is 1. The Kier molecular flexibility index (Phi) is 2.70. The van der Waals surface area contributed by atoms with E-state index in [-0.39, 0.29) is 0 Å². The van der Waals surface area contributed by atoms with E-state index < -0.39 is 0 Å². The predicted octanol–water partition coefficient (Wildman–Crippen LogP) is 3.26. The highest BCUT2D eigenvalue weighted by Crippen LogP contribution is 2.25. The number of rotatable bonds is 2. The van der Waals surface area contributed by atoms with Crippen molar-refractivity contribution in [3.05, 3.63) is 46.4 Å². The molecule has 0 radical (unpaired) electrons. The molecule has 0 aliphatic carbocycles. The molecular formula is C14H16N2. The van der Waals surface area contributed by atoms with E-state index in [2.05, 4.69) is 48.5 Å². The lowest BCUT2D eigenvalue weighted by Gasteiger charge is -2.04. The van der Waals surface area contributed by atoms with Crippen LogP contribution in [0.3, 0.4) is 0 Å². The Morgan fingerprint density at radius 3 is 2.56 bits per heavy atom. The summed E-state index contributed by atoms with van der Waals surface area (Å²) in [5.74, 6) is 0. The van der Waals surface area contributed by atoms with Gasteiger partial charge in [-0.05, 0) is 31.0 Å². The fourth-order valence-electron chi connectivity index (χ4n) is 2.26. The van der Waals surface area contributed by atoms with Crippen LogP contribution in [0.5, 0.6) is 0 Å². The molecule has 82 valence electrons. The molecule has 0 fully saturated rings. The zero-order valence-electron chi connectivity index (χ0n) is 10.0. The van der Waals surface area contributed by atoms with Gasteiger partial charge in [-0.3, -0.25) is 0 Å². The molecule has 0 aliphatic rings. The minimum absolute atomic E-state index is 0.572. The van der Waals surface area contributed by atoms with Crippen LogP contribution in [0.1, 0.15) is 16.8 Å². The van der Waals surface area contributed by atoms with Gasteiger partial charge in [0, 0.05) is 18.1 Å². The summed E-state index contributed by atoms with van der Waals surface area (Å²) in [6, 6.07) is 6.55. The highest BCUT2D eigenvalue weighted by Gasteiger charge is 2.10.